The van der Waals surface area contributed by atoms with Gasteiger partial charge >= 0.3 is 5.97 Å². The number of likely N-dealkylation sites (tertiary alicyclic amines) is 1. The van der Waals surface area contributed by atoms with Gasteiger partial charge in [-0.3, -0.25) is 19.7 Å². The van der Waals surface area contributed by atoms with Crippen LogP contribution in [0, 0.1) is 16.0 Å². The van der Waals surface area contributed by atoms with Crippen LogP contribution in [-0.2, 0) is 4.79 Å². The third-order valence-corrected chi connectivity index (χ3v) is 3.43. The number of carbonyl (C=O) groups is 2. The molecule has 0 saturated carbocycles. The second-order valence-corrected chi connectivity index (χ2v) is 5.00. The van der Waals surface area contributed by atoms with Crippen LogP contribution in [0.15, 0.2) is 18.2 Å². The summed E-state index contributed by atoms with van der Waals surface area (Å²) in [4.78, 5) is 34.2. The van der Waals surface area contributed by atoms with Crippen LogP contribution in [0.1, 0.15) is 16.8 Å². The molecule has 2 rings (SSSR count). The first kappa shape index (κ1) is 14.3. The van der Waals surface area contributed by atoms with Crippen molar-refractivity contribution in [2.45, 2.75) is 6.42 Å². The molecule has 1 N–H and O–H groups in total. The normalized spacial score (nSPS) is 14.8. The quantitative estimate of drug-likeness (QED) is 0.674. The summed E-state index contributed by atoms with van der Waals surface area (Å²) in [6.07, 6.45) is 0.00640. The van der Waals surface area contributed by atoms with E-state index in [2.05, 4.69) is 0 Å². The topological polar surface area (TPSA) is 101 Å². The molecular weight excluding hydrogens is 288 g/mol. The smallest absolute Gasteiger partial charge is 0.303 e. The molecule has 0 unspecified atom stereocenters. The van der Waals surface area contributed by atoms with E-state index in [-0.39, 0.29) is 28.6 Å². The van der Waals surface area contributed by atoms with Gasteiger partial charge in [-0.25, -0.2) is 0 Å². The third-order valence-electron chi connectivity index (χ3n) is 3.10. The van der Waals surface area contributed by atoms with Crippen LogP contribution in [0.5, 0.6) is 0 Å². The molecule has 0 aliphatic carbocycles. The first-order chi connectivity index (χ1) is 9.38. The predicted octanol–water partition coefficient (Wildman–Crippen LogP) is 1.79. The number of non-ortho nitro benzene ring substituents is 1. The first-order valence-electron chi connectivity index (χ1n) is 5.83. The number of carboxylic acid groups (broad SMARTS) is 1. The van der Waals surface area contributed by atoms with Crippen LogP contribution in [0.2, 0.25) is 5.02 Å². The number of benzene rings is 1. The molecule has 1 aromatic carbocycles. The summed E-state index contributed by atoms with van der Waals surface area (Å²) in [5.74, 6) is -1.40. The second-order valence-electron chi connectivity index (χ2n) is 4.60. The van der Waals surface area contributed by atoms with E-state index < -0.39 is 16.8 Å². The van der Waals surface area contributed by atoms with Crippen molar-refractivity contribution in [3.63, 3.8) is 0 Å². The zero-order chi connectivity index (χ0) is 14.9. The predicted molar refractivity (Wildman–Crippen MR) is 69.8 cm³/mol. The van der Waals surface area contributed by atoms with E-state index in [9.17, 15) is 19.7 Å². The van der Waals surface area contributed by atoms with Crippen molar-refractivity contribution in [1.29, 1.82) is 0 Å². The third kappa shape index (κ3) is 2.88. The number of amides is 1. The maximum atomic E-state index is 12.1. The molecule has 1 heterocycles. The lowest BCUT2D eigenvalue weighted by Crippen LogP contribution is -2.50. The standard InChI is InChI=1S/C12H11ClN2O5/c13-10-2-1-8(15(19)20)4-9(10)12(18)14-5-7(6-14)3-11(16)17/h1-2,4,7H,3,5-6H2,(H,16,17). The number of hydrogen-bond donors (Lipinski definition) is 1. The molecule has 1 aliphatic heterocycles. The van der Waals surface area contributed by atoms with Gasteiger partial charge in [0.05, 0.1) is 21.9 Å². The SMILES string of the molecule is O=C(O)CC1CN(C(=O)c2cc([N+](=O)[O-])ccc2Cl)C1. The van der Waals surface area contributed by atoms with E-state index in [4.69, 9.17) is 16.7 Å². The molecule has 0 atom stereocenters. The van der Waals surface area contributed by atoms with Crippen molar-refractivity contribution >= 4 is 29.2 Å². The van der Waals surface area contributed by atoms with Crippen LogP contribution >= 0.6 is 11.6 Å². The largest absolute Gasteiger partial charge is 0.481 e. The molecule has 0 bridgehead atoms. The van der Waals surface area contributed by atoms with Crippen LogP contribution in [0.25, 0.3) is 0 Å². The highest BCUT2D eigenvalue weighted by Gasteiger charge is 2.33. The van der Waals surface area contributed by atoms with E-state index in [1.54, 1.807) is 0 Å². The van der Waals surface area contributed by atoms with Gasteiger partial charge in [-0.2, -0.15) is 0 Å². The number of carbonyl (C=O) groups excluding carboxylic acids is 1. The second kappa shape index (κ2) is 5.46. The van der Waals surface area contributed by atoms with Crippen molar-refractivity contribution in [2.24, 2.45) is 5.92 Å². The van der Waals surface area contributed by atoms with E-state index in [0.717, 1.165) is 6.07 Å². The van der Waals surface area contributed by atoms with E-state index in [0.29, 0.717) is 13.1 Å². The van der Waals surface area contributed by atoms with Gasteiger partial charge in [-0.1, -0.05) is 11.6 Å². The van der Waals surface area contributed by atoms with Crippen molar-refractivity contribution < 1.29 is 19.6 Å². The molecule has 1 aromatic rings. The fraction of sp³-hybridized carbons (Fsp3) is 0.333. The zero-order valence-electron chi connectivity index (χ0n) is 10.3. The number of halogens is 1. The number of nitro benzene ring substituents is 1. The Balaban J connectivity index is 2.09. The maximum absolute atomic E-state index is 12.1. The van der Waals surface area contributed by atoms with E-state index in [1.165, 1.54) is 17.0 Å². The molecule has 1 aliphatic rings. The summed E-state index contributed by atoms with van der Waals surface area (Å²) >= 11 is 5.88. The van der Waals surface area contributed by atoms with Crippen LogP contribution in [-0.4, -0.2) is 39.9 Å². The molecule has 8 heteroatoms. The molecule has 0 radical (unpaired) electrons. The number of nitrogens with zero attached hydrogens (tertiary/aromatic N) is 2. The lowest BCUT2D eigenvalue weighted by molar-refractivity contribution is -0.384. The molecule has 1 saturated heterocycles. The number of carboxylic acids is 1. The van der Waals surface area contributed by atoms with E-state index >= 15 is 0 Å². The summed E-state index contributed by atoms with van der Waals surface area (Å²) in [6.45, 7) is 0.647. The molecule has 1 fully saturated rings. The van der Waals surface area contributed by atoms with Crippen molar-refractivity contribution in [1.82, 2.24) is 4.90 Å². The highest BCUT2D eigenvalue weighted by atomic mass is 35.5. The Hall–Kier alpha value is -2.15. The maximum Gasteiger partial charge on any atom is 0.303 e. The van der Waals surface area contributed by atoms with Crippen LogP contribution in [0.3, 0.4) is 0 Å². The number of nitro groups is 1. The van der Waals surface area contributed by atoms with Gasteiger partial charge in [0.15, 0.2) is 0 Å². The van der Waals surface area contributed by atoms with Gasteiger partial charge in [-0.05, 0) is 6.07 Å². The number of rotatable bonds is 4. The molecule has 20 heavy (non-hydrogen) atoms. The minimum atomic E-state index is -0.907. The van der Waals surface area contributed by atoms with Gasteiger partial charge < -0.3 is 10.0 Å². The van der Waals surface area contributed by atoms with Crippen LogP contribution < -0.4 is 0 Å². The Bertz CT molecular complexity index is 583. The Morgan fingerprint density at radius 3 is 2.65 bits per heavy atom. The Morgan fingerprint density at radius 1 is 1.45 bits per heavy atom. The Kier molecular flexibility index (Phi) is 3.89. The van der Waals surface area contributed by atoms with Gasteiger partial charge in [0.2, 0.25) is 0 Å². The van der Waals surface area contributed by atoms with Crippen LogP contribution in [0.4, 0.5) is 5.69 Å². The molecular formula is C12H11ClN2O5. The van der Waals surface area contributed by atoms with Gasteiger partial charge in [0.1, 0.15) is 0 Å². The lowest BCUT2D eigenvalue weighted by atomic mass is 9.95. The number of hydrogen-bond acceptors (Lipinski definition) is 4. The zero-order valence-corrected chi connectivity index (χ0v) is 11.0. The van der Waals surface area contributed by atoms with Gasteiger partial charge in [-0.15, -0.1) is 0 Å². The van der Waals surface area contributed by atoms with Crippen molar-refractivity contribution in [3.05, 3.63) is 38.9 Å². The monoisotopic (exact) mass is 298 g/mol. The summed E-state index contributed by atoms with van der Waals surface area (Å²) < 4.78 is 0. The van der Waals surface area contributed by atoms with Gasteiger partial charge in [0, 0.05) is 31.1 Å². The summed E-state index contributed by atoms with van der Waals surface area (Å²) in [5.41, 5.74) is -0.144. The minimum absolute atomic E-state index is 0.00640. The highest BCUT2D eigenvalue weighted by molar-refractivity contribution is 6.34. The number of aliphatic carboxylic acids is 1. The Morgan fingerprint density at radius 2 is 2.10 bits per heavy atom. The fourth-order valence-corrected chi connectivity index (χ4v) is 2.27. The molecule has 106 valence electrons. The average Bonchev–Trinajstić information content (AvgIpc) is 2.32. The lowest BCUT2D eigenvalue weighted by Gasteiger charge is -2.38. The highest BCUT2D eigenvalue weighted by Crippen LogP contribution is 2.27. The van der Waals surface area contributed by atoms with Crippen molar-refractivity contribution in [3.8, 4) is 0 Å². The summed E-state index contributed by atoms with van der Waals surface area (Å²) in [6, 6.07) is 3.67. The minimum Gasteiger partial charge on any atom is -0.481 e. The van der Waals surface area contributed by atoms with Gasteiger partial charge in [0.25, 0.3) is 11.6 Å². The Labute approximate surface area is 118 Å². The van der Waals surface area contributed by atoms with Crippen molar-refractivity contribution in [2.75, 3.05) is 13.1 Å². The molecule has 0 aromatic heterocycles. The average molecular weight is 299 g/mol. The van der Waals surface area contributed by atoms with E-state index in [1.807, 2.05) is 0 Å². The molecule has 1 amide bonds. The summed E-state index contributed by atoms with van der Waals surface area (Å²) in [5, 5.41) is 19.5. The fourth-order valence-electron chi connectivity index (χ4n) is 2.07. The molecule has 0 spiro atoms. The summed E-state index contributed by atoms with van der Waals surface area (Å²) in [7, 11) is 0. The first-order valence-corrected chi connectivity index (χ1v) is 6.21. The molecule has 7 nitrogen and oxygen atoms in total.